The van der Waals surface area contributed by atoms with Crippen molar-refractivity contribution in [3.63, 3.8) is 0 Å². The molecular formula is C25H63NO2. The standard InChI is InChI=1S/C9H15NO2.8C2H6/c1-5-10-7(11)6(2)9(3,4)8(10)12;8*1-2/h6H,5H2,1-4H3;8*1-2H3. The maximum absolute atomic E-state index is 11.6. The summed E-state index contributed by atoms with van der Waals surface area (Å²) >= 11 is 0. The van der Waals surface area contributed by atoms with Crippen LogP contribution in [0, 0.1) is 11.3 Å². The number of hydrogen-bond donors (Lipinski definition) is 0. The SMILES string of the molecule is CC.CC.CC.CC.CC.CC.CC.CC.CCN1C(=O)C(C)C(C)(C)C1=O. The minimum Gasteiger partial charge on any atom is -0.282 e. The fourth-order valence-corrected chi connectivity index (χ4v) is 1.48. The molecule has 2 amide bonds. The highest BCUT2D eigenvalue weighted by atomic mass is 16.2. The molecule has 1 saturated heterocycles. The van der Waals surface area contributed by atoms with E-state index in [1.807, 2.05) is 138 Å². The van der Waals surface area contributed by atoms with Crippen molar-refractivity contribution in [2.75, 3.05) is 6.54 Å². The summed E-state index contributed by atoms with van der Waals surface area (Å²) in [6.07, 6.45) is 0. The third-order valence-electron chi connectivity index (χ3n) is 2.83. The van der Waals surface area contributed by atoms with Crippen LogP contribution in [-0.4, -0.2) is 23.3 Å². The Hall–Kier alpha value is -0.860. The Bertz CT molecular complexity index is 237. The fourth-order valence-electron chi connectivity index (χ4n) is 1.48. The van der Waals surface area contributed by atoms with Crippen molar-refractivity contribution in [1.82, 2.24) is 4.90 Å². The molecule has 1 rings (SSSR count). The molecule has 0 spiro atoms. The third-order valence-corrected chi connectivity index (χ3v) is 2.83. The summed E-state index contributed by atoms with van der Waals surface area (Å²) in [5.74, 6) is -0.250. The van der Waals surface area contributed by atoms with Gasteiger partial charge in [-0.2, -0.15) is 0 Å². The van der Waals surface area contributed by atoms with Crippen molar-refractivity contribution in [3.8, 4) is 0 Å². The third kappa shape index (κ3) is 23.2. The van der Waals surface area contributed by atoms with Gasteiger partial charge in [0.05, 0.1) is 5.41 Å². The zero-order valence-electron chi connectivity index (χ0n) is 24.0. The number of nitrogens with zero attached hydrogens (tertiary/aromatic N) is 1. The molecule has 0 aromatic carbocycles. The van der Waals surface area contributed by atoms with Gasteiger partial charge in [0.2, 0.25) is 11.8 Å². The molecule has 1 fully saturated rings. The predicted octanol–water partition coefficient (Wildman–Crippen LogP) is 9.25. The van der Waals surface area contributed by atoms with Gasteiger partial charge in [-0.15, -0.1) is 0 Å². The van der Waals surface area contributed by atoms with E-state index in [4.69, 9.17) is 0 Å². The van der Waals surface area contributed by atoms with E-state index in [1.165, 1.54) is 4.90 Å². The van der Waals surface area contributed by atoms with Crippen LogP contribution >= 0.6 is 0 Å². The second-order valence-electron chi connectivity index (χ2n) is 3.83. The molecule has 0 bridgehead atoms. The van der Waals surface area contributed by atoms with Crippen molar-refractivity contribution in [1.29, 1.82) is 0 Å². The number of amides is 2. The maximum Gasteiger partial charge on any atom is 0.235 e. The van der Waals surface area contributed by atoms with Crippen molar-refractivity contribution < 1.29 is 9.59 Å². The van der Waals surface area contributed by atoms with Gasteiger partial charge >= 0.3 is 0 Å². The number of imide groups is 1. The van der Waals surface area contributed by atoms with E-state index in [0.29, 0.717) is 6.54 Å². The van der Waals surface area contributed by atoms with Crippen LogP contribution in [0.5, 0.6) is 0 Å². The first kappa shape index (κ1) is 50.6. The Labute approximate surface area is 183 Å². The Morgan fingerprint density at radius 2 is 0.857 bits per heavy atom. The maximum atomic E-state index is 11.6. The van der Waals surface area contributed by atoms with Gasteiger partial charge in [-0.1, -0.05) is 132 Å². The number of carbonyl (C=O) groups is 2. The number of likely N-dealkylation sites (tertiary alicyclic amines) is 1. The quantitative estimate of drug-likeness (QED) is 0.404. The van der Waals surface area contributed by atoms with E-state index in [9.17, 15) is 9.59 Å². The lowest BCUT2D eigenvalue weighted by molar-refractivity contribution is -0.140. The Morgan fingerprint density at radius 1 is 0.643 bits per heavy atom. The molecule has 0 aromatic heterocycles. The first-order valence-corrected chi connectivity index (χ1v) is 12.3. The zero-order chi connectivity index (χ0) is 25.5. The lowest BCUT2D eigenvalue weighted by Crippen LogP contribution is -2.32. The second kappa shape index (κ2) is 50.2. The van der Waals surface area contributed by atoms with Gasteiger partial charge in [-0.05, 0) is 6.92 Å². The summed E-state index contributed by atoms with van der Waals surface area (Å²) in [5, 5.41) is 0. The minimum absolute atomic E-state index is 0.0347. The predicted molar refractivity (Wildman–Crippen MR) is 136 cm³/mol. The van der Waals surface area contributed by atoms with Crippen molar-refractivity contribution in [2.24, 2.45) is 11.3 Å². The van der Waals surface area contributed by atoms with E-state index in [1.54, 1.807) is 0 Å². The molecule has 1 aliphatic heterocycles. The van der Waals surface area contributed by atoms with Gasteiger partial charge in [-0.25, -0.2) is 0 Å². The molecule has 3 nitrogen and oxygen atoms in total. The molecule has 1 heterocycles. The van der Waals surface area contributed by atoms with E-state index in [0.717, 1.165) is 0 Å². The smallest absolute Gasteiger partial charge is 0.235 e. The summed E-state index contributed by atoms with van der Waals surface area (Å²) in [7, 11) is 0. The molecule has 0 radical (unpaired) electrons. The van der Waals surface area contributed by atoms with Crippen LogP contribution in [-0.2, 0) is 9.59 Å². The highest BCUT2D eigenvalue weighted by Crippen LogP contribution is 2.36. The minimum atomic E-state index is -0.507. The molecule has 180 valence electrons. The van der Waals surface area contributed by atoms with Crippen molar-refractivity contribution in [3.05, 3.63) is 0 Å². The molecule has 1 atom stereocenters. The molecule has 1 aliphatic rings. The Kier molecular flexibility index (Phi) is 90.8. The average molecular weight is 410 g/mol. The molecule has 28 heavy (non-hydrogen) atoms. The molecule has 0 aromatic rings. The number of carbonyl (C=O) groups excluding carboxylic acids is 2. The summed E-state index contributed by atoms with van der Waals surface area (Å²) in [5.41, 5.74) is -0.507. The fraction of sp³-hybridized carbons (Fsp3) is 0.920. The van der Waals surface area contributed by atoms with E-state index in [-0.39, 0.29) is 17.7 Å². The largest absolute Gasteiger partial charge is 0.282 e. The van der Waals surface area contributed by atoms with Crippen LogP contribution < -0.4 is 0 Å². The Morgan fingerprint density at radius 3 is 0.929 bits per heavy atom. The van der Waals surface area contributed by atoms with Crippen LogP contribution in [0.15, 0.2) is 0 Å². The molecular weight excluding hydrogens is 346 g/mol. The van der Waals surface area contributed by atoms with E-state index >= 15 is 0 Å². The van der Waals surface area contributed by atoms with Crippen LogP contribution in [0.3, 0.4) is 0 Å². The molecule has 0 saturated carbocycles. The molecule has 0 N–H and O–H groups in total. The lowest BCUT2D eigenvalue weighted by atomic mass is 9.82. The normalized spacial score (nSPS) is 13.9. The van der Waals surface area contributed by atoms with Crippen LogP contribution in [0.25, 0.3) is 0 Å². The highest BCUT2D eigenvalue weighted by molar-refractivity contribution is 6.06. The number of hydrogen-bond acceptors (Lipinski definition) is 2. The monoisotopic (exact) mass is 409 g/mol. The van der Waals surface area contributed by atoms with Gasteiger partial charge in [0.25, 0.3) is 0 Å². The van der Waals surface area contributed by atoms with Crippen molar-refractivity contribution in [2.45, 2.75) is 138 Å². The molecule has 0 aliphatic carbocycles. The lowest BCUT2D eigenvalue weighted by Gasteiger charge is -2.17. The van der Waals surface area contributed by atoms with Gasteiger partial charge in [0, 0.05) is 12.5 Å². The average Bonchev–Trinajstić information content (AvgIpc) is 2.98. The first-order valence-electron chi connectivity index (χ1n) is 12.3. The van der Waals surface area contributed by atoms with Crippen LogP contribution in [0.2, 0.25) is 0 Å². The van der Waals surface area contributed by atoms with Gasteiger partial charge in [0.1, 0.15) is 0 Å². The van der Waals surface area contributed by atoms with E-state index in [2.05, 4.69) is 0 Å². The Balaban J connectivity index is -0.0000000353. The van der Waals surface area contributed by atoms with Crippen LogP contribution in [0.1, 0.15) is 138 Å². The molecule has 3 heteroatoms. The summed E-state index contributed by atoms with van der Waals surface area (Å²) in [4.78, 5) is 24.4. The van der Waals surface area contributed by atoms with Gasteiger partial charge < -0.3 is 0 Å². The summed E-state index contributed by atoms with van der Waals surface area (Å²) < 4.78 is 0. The summed E-state index contributed by atoms with van der Waals surface area (Å²) in [6, 6.07) is 0. The van der Waals surface area contributed by atoms with Gasteiger partial charge in [0.15, 0.2) is 0 Å². The zero-order valence-corrected chi connectivity index (χ0v) is 24.0. The highest BCUT2D eigenvalue weighted by Gasteiger charge is 2.50. The second-order valence-corrected chi connectivity index (χ2v) is 3.83. The summed E-state index contributed by atoms with van der Waals surface area (Å²) in [6.45, 7) is 39.8. The van der Waals surface area contributed by atoms with Crippen molar-refractivity contribution >= 4 is 11.8 Å². The van der Waals surface area contributed by atoms with Crippen LogP contribution in [0.4, 0.5) is 0 Å². The topological polar surface area (TPSA) is 37.4 Å². The molecule has 1 unspecified atom stereocenters. The first-order chi connectivity index (χ1) is 13.4. The van der Waals surface area contributed by atoms with E-state index < -0.39 is 5.41 Å². The van der Waals surface area contributed by atoms with Gasteiger partial charge in [-0.3, -0.25) is 14.5 Å². The number of rotatable bonds is 1.